The van der Waals surface area contributed by atoms with Crippen LogP contribution >= 0.6 is 0 Å². The van der Waals surface area contributed by atoms with Gasteiger partial charge in [0.25, 0.3) is 0 Å². The Kier molecular flexibility index (Phi) is 7.71. The fourth-order valence-corrected chi connectivity index (χ4v) is 4.93. The molecule has 2 heterocycles. The molecule has 0 bridgehead atoms. The van der Waals surface area contributed by atoms with Crippen molar-refractivity contribution in [1.82, 2.24) is 14.7 Å². The second-order valence-corrected chi connectivity index (χ2v) is 9.01. The molecule has 1 unspecified atom stereocenters. The summed E-state index contributed by atoms with van der Waals surface area (Å²) in [6, 6.07) is 10.9. The molecule has 196 valence electrons. The Morgan fingerprint density at radius 3 is 2.22 bits per heavy atom. The van der Waals surface area contributed by atoms with Crippen LogP contribution in [0.4, 0.5) is 0 Å². The number of carbonyl (C=O) groups is 2. The van der Waals surface area contributed by atoms with Gasteiger partial charge in [-0.1, -0.05) is 0 Å². The summed E-state index contributed by atoms with van der Waals surface area (Å²) in [5.74, 6) is 2.48. The number of benzene rings is 2. The van der Waals surface area contributed by atoms with Crippen LogP contribution in [0.1, 0.15) is 45.8 Å². The largest absolute Gasteiger partial charge is 0.497 e. The number of rotatable bonds is 9. The van der Waals surface area contributed by atoms with E-state index < -0.39 is 0 Å². The third kappa shape index (κ3) is 5.26. The van der Waals surface area contributed by atoms with E-state index in [0.29, 0.717) is 47.2 Å². The first-order valence-electron chi connectivity index (χ1n) is 12.1. The van der Waals surface area contributed by atoms with E-state index in [1.165, 1.54) is 6.92 Å². The van der Waals surface area contributed by atoms with Gasteiger partial charge in [-0.2, -0.15) is 5.10 Å². The second-order valence-electron chi connectivity index (χ2n) is 9.01. The molecule has 0 radical (unpaired) electrons. The Labute approximate surface area is 216 Å². The van der Waals surface area contributed by atoms with Crippen LogP contribution < -0.4 is 18.9 Å². The van der Waals surface area contributed by atoms with E-state index in [9.17, 15) is 9.59 Å². The number of hydrogen-bond donors (Lipinski definition) is 0. The first kappa shape index (κ1) is 26.1. The van der Waals surface area contributed by atoms with Crippen molar-refractivity contribution in [3.05, 3.63) is 64.5 Å². The van der Waals surface area contributed by atoms with E-state index in [0.717, 1.165) is 16.9 Å². The average molecular weight is 508 g/mol. The molecule has 1 atom stereocenters. The highest BCUT2D eigenvalue weighted by Crippen LogP contribution is 2.38. The van der Waals surface area contributed by atoms with E-state index in [4.69, 9.17) is 18.9 Å². The minimum Gasteiger partial charge on any atom is -0.497 e. The molecular weight excluding hydrogens is 474 g/mol. The van der Waals surface area contributed by atoms with E-state index in [2.05, 4.69) is 5.10 Å². The number of methoxy groups -OCH3 is 3. The predicted molar refractivity (Wildman–Crippen MR) is 138 cm³/mol. The number of fused-ring (bicyclic) bond motifs is 1. The number of Topliss-reactive ketones (excluding diaryl/α,β-unsaturated/α-hetero) is 1. The molecule has 4 rings (SSSR count). The summed E-state index contributed by atoms with van der Waals surface area (Å²) in [6.45, 7) is 5.90. The van der Waals surface area contributed by atoms with Crippen LogP contribution in [0.3, 0.4) is 0 Å². The average Bonchev–Trinajstić information content (AvgIpc) is 3.18. The van der Waals surface area contributed by atoms with E-state index in [1.807, 2.05) is 48.2 Å². The summed E-state index contributed by atoms with van der Waals surface area (Å²) in [5.41, 5.74) is 3.90. The van der Waals surface area contributed by atoms with Crippen molar-refractivity contribution in [2.45, 2.75) is 39.8 Å². The summed E-state index contributed by atoms with van der Waals surface area (Å²) in [7, 11) is 4.81. The number of aromatic nitrogens is 2. The number of carbonyl (C=O) groups excluding carboxylic acids is 2. The lowest BCUT2D eigenvalue weighted by Gasteiger charge is -2.37. The van der Waals surface area contributed by atoms with Gasteiger partial charge in [0.2, 0.25) is 5.91 Å². The first-order chi connectivity index (χ1) is 17.8. The zero-order chi connectivity index (χ0) is 26.7. The van der Waals surface area contributed by atoms with Gasteiger partial charge in [-0.3, -0.25) is 14.3 Å². The van der Waals surface area contributed by atoms with Crippen LogP contribution in [0.15, 0.2) is 36.4 Å². The first-order valence-corrected chi connectivity index (χ1v) is 12.1. The highest BCUT2D eigenvalue weighted by molar-refractivity contribution is 5.96. The lowest BCUT2D eigenvalue weighted by Crippen LogP contribution is -2.44. The summed E-state index contributed by atoms with van der Waals surface area (Å²) in [5, 5.41) is 4.46. The Hall–Kier alpha value is -4.01. The smallest absolute Gasteiger partial charge is 0.244 e. The van der Waals surface area contributed by atoms with E-state index >= 15 is 0 Å². The summed E-state index contributed by atoms with van der Waals surface area (Å²) >= 11 is 0. The molecule has 0 spiro atoms. The Morgan fingerprint density at radius 2 is 1.62 bits per heavy atom. The number of hydrogen-bond acceptors (Lipinski definition) is 7. The highest BCUT2D eigenvalue weighted by Gasteiger charge is 2.33. The molecular formula is C28H33N3O6. The molecule has 2 aromatic carbocycles. The van der Waals surface area contributed by atoms with Gasteiger partial charge in [-0.05, 0) is 74.7 Å². The van der Waals surface area contributed by atoms with E-state index in [-0.39, 0.29) is 30.9 Å². The second kappa shape index (κ2) is 10.9. The predicted octanol–water partition coefficient (Wildman–Crippen LogP) is 3.93. The molecule has 3 aromatic rings. The fraction of sp³-hybridized carbons (Fsp3) is 0.393. The number of amides is 1. The zero-order valence-corrected chi connectivity index (χ0v) is 22.2. The van der Waals surface area contributed by atoms with Gasteiger partial charge in [0.05, 0.1) is 38.6 Å². The van der Waals surface area contributed by atoms with Gasteiger partial charge in [0.15, 0.2) is 17.3 Å². The quantitative estimate of drug-likeness (QED) is 0.405. The van der Waals surface area contributed by atoms with Crippen LogP contribution in [0.25, 0.3) is 0 Å². The van der Waals surface area contributed by atoms with Crippen molar-refractivity contribution in [3.63, 3.8) is 0 Å². The minimum absolute atomic E-state index is 0.0294. The molecule has 37 heavy (non-hydrogen) atoms. The number of nitrogens with zero attached hydrogens (tertiary/aromatic N) is 3. The van der Waals surface area contributed by atoms with Crippen molar-refractivity contribution in [1.29, 1.82) is 0 Å². The van der Waals surface area contributed by atoms with Crippen LogP contribution in [0.2, 0.25) is 0 Å². The van der Waals surface area contributed by atoms with Crippen LogP contribution in [-0.4, -0.2) is 60.9 Å². The Morgan fingerprint density at radius 1 is 0.973 bits per heavy atom. The number of aryl methyl sites for hydroxylation is 1. The Bertz CT molecular complexity index is 1300. The summed E-state index contributed by atoms with van der Waals surface area (Å²) in [4.78, 5) is 27.5. The van der Waals surface area contributed by atoms with Gasteiger partial charge in [0.1, 0.15) is 24.7 Å². The number of ether oxygens (including phenoxy) is 4. The number of ketones is 1. The van der Waals surface area contributed by atoms with Crippen LogP contribution in [-0.2, 0) is 17.8 Å². The van der Waals surface area contributed by atoms with Crippen molar-refractivity contribution in [2.75, 3.05) is 34.5 Å². The molecule has 0 saturated heterocycles. The van der Waals surface area contributed by atoms with Crippen LogP contribution in [0.5, 0.6) is 23.0 Å². The van der Waals surface area contributed by atoms with Crippen LogP contribution in [0, 0.1) is 13.8 Å². The van der Waals surface area contributed by atoms with Gasteiger partial charge in [-0.25, -0.2) is 0 Å². The molecule has 1 aliphatic rings. The maximum absolute atomic E-state index is 13.7. The van der Waals surface area contributed by atoms with Crippen molar-refractivity contribution < 1.29 is 28.5 Å². The molecule has 0 N–H and O–H groups in total. The van der Waals surface area contributed by atoms with Gasteiger partial charge in [0, 0.05) is 12.2 Å². The fourth-order valence-electron chi connectivity index (χ4n) is 4.93. The molecule has 0 fully saturated rings. The van der Waals surface area contributed by atoms with Gasteiger partial charge in [-0.15, -0.1) is 0 Å². The molecule has 0 aliphatic carbocycles. The van der Waals surface area contributed by atoms with Crippen molar-refractivity contribution in [2.24, 2.45) is 0 Å². The molecule has 1 aliphatic heterocycles. The minimum atomic E-state index is -0.359. The normalized spacial score (nSPS) is 14.6. The van der Waals surface area contributed by atoms with E-state index in [1.54, 1.807) is 32.9 Å². The summed E-state index contributed by atoms with van der Waals surface area (Å²) in [6.07, 6.45) is 0.663. The topological polar surface area (TPSA) is 92.1 Å². The zero-order valence-electron chi connectivity index (χ0n) is 22.2. The summed E-state index contributed by atoms with van der Waals surface area (Å²) < 4.78 is 24.1. The highest BCUT2D eigenvalue weighted by atomic mass is 16.5. The van der Waals surface area contributed by atoms with Crippen molar-refractivity contribution >= 4 is 11.7 Å². The molecule has 0 saturated carbocycles. The van der Waals surface area contributed by atoms with Gasteiger partial charge >= 0.3 is 0 Å². The third-order valence-corrected chi connectivity index (χ3v) is 6.81. The lowest BCUT2D eigenvalue weighted by molar-refractivity contribution is -0.135. The van der Waals surface area contributed by atoms with Gasteiger partial charge < -0.3 is 23.8 Å². The maximum atomic E-state index is 13.7. The third-order valence-electron chi connectivity index (χ3n) is 6.81. The molecule has 9 heteroatoms. The molecule has 1 amide bonds. The lowest BCUT2D eigenvalue weighted by atomic mass is 9.92. The Balaban J connectivity index is 1.65. The SMILES string of the molecule is COc1ccc(OCC2c3cc(OC)c(OC)cc3CCN2C(=O)Cn2nc(C)c(C(C)=O)c2C)cc1. The molecule has 1 aromatic heterocycles. The maximum Gasteiger partial charge on any atom is 0.244 e. The van der Waals surface area contributed by atoms with Crippen molar-refractivity contribution in [3.8, 4) is 23.0 Å². The molecule has 9 nitrogen and oxygen atoms in total. The monoisotopic (exact) mass is 507 g/mol. The standard InChI is InChI=1S/C28H33N3O6/c1-17-28(19(3)32)18(2)31(29-17)15-27(33)30-12-11-20-13-25(35-5)26(36-6)14-23(20)24(30)16-37-22-9-7-21(34-4)8-10-22/h7-10,13-14,24H,11-12,15-16H2,1-6H3.